The molecule has 3 rings (SSSR count). The number of pyridine rings is 2. The van der Waals surface area contributed by atoms with Crippen molar-refractivity contribution in [2.24, 2.45) is 0 Å². The number of benzene rings is 1. The molecular weight excluding hydrogens is 302 g/mol. The van der Waals surface area contributed by atoms with Crippen molar-refractivity contribution >= 4 is 22.6 Å². The lowest BCUT2D eigenvalue weighted by Crippen LogP contribution is -2.29. The maximum Gasteiger partial charge on any atom is 0.265 e. The summed E-state index contributed by atoms with van der Waals surface area (Å²) in [5, 5.41) is 3.62. The molecule has 0 bridgehead atoms. The Hall–Kier alpha value is -2.95. The molecule has 1 amide bonds. The van der Waals surface area contributed by atoms with E-state index in [9.17, 15) is 9.59 Å². The summed E-state index contributed by atoms with van der Waals surface area (Å²) in [4.78, 5) is 29.6. The summed E-state index contributed by atoms with van der Waals surface area (Å²) < 4.78 is 1.52. The Balaban J connectivity index is 2.09. The van der Waals surface area contributed by atoms with Gasteiger partial charge in [-0.2, -0.15) is 0 Å². The molecule has 0 aliphatic heterocycles. The summed E-state index contributed by atoms with van der Waals surface area (Å²) in [6.45, 7) is 6.20. The number of carbonyl (C=O) groups is 1. The van der Waals surface area contributed by atoms with Crippen LogP contribution in [0.15, 0.2) is 47.4 Å². The molecule has 0 saturated carbocycles. The third-order valence-electron chi connectivity index (χ3n) is 4.05. The van der Waals surface area contributed by atoms with Gasteiger partial charge in [-0.05, 0) is 56.2 Å². The number of hydrogen-bond acceptors (Lipinski definition) is 3. The highest BCUT2D eigenvalue weighted by atomic mass is 16.2. The molecule has 0 aliphatic carbocycles. The fourth-order valence-electron chi connectivity index (χ4n) is 2.72. The van der Waals surface area contributed by atoms with Gasteiger partial charge in [0.25, 0.3) is 11.5 Å². The van der Waals surface area contributed by atoms with Crippen molar-refractivity contribution in [2.45, 2.75) is 27.3 Å². The van der Waals surface area contributed by atoms with Gasteiger partial charge >= 0.3 is 0 Å². The third kappa shape index (κ3) is 2.80. The highest BCUT2D eigenvalue weighted by Crippen LogP contribution is 2.18. The van der Waals surface area contributed by atoms with Crippen LogP contribution in [0.5, 0.6) is 0 Å². The summed E-state index contributed by atoms with van der Waals surface area (Å²) in [5.74, 6) is -0.401. The molecule has 0 unspecified atom stereocenters. The highest BCUT2D eigenvalue weighted by Gasteiger charge is 2.16. The lowest BCUT2D eigenvalue weighted by atomic mass is 10.1. The fraction of sp³-hybridized carbons (Fsp3) is 0.211. The molecule has 2 aromatic heterocycles. The lowest BCUT2D eigenvalue weighted by molar-refractivity contribution is 0.102. The molecule has 0 aliphatic rings. The first-order chi connectivity index (χ1) is 11.5. The maximum atomic E-state index is 12.7. The molecule has 3 aromatic rings. The van der Waals surface area contributed by atoms with E-state index in [0.717, 1.165) is 16.5 Å². The van der Waals surface area contributed by atoms with E-state index >= 15 is 0 Å². The number of fused-ring (bicyclic) bond motifs is 1. The van der Waals surface area contributed by atoms with Crippen molar-refractivity contribution in [3.8, 4) is 0 Å². The molecular formula is C19H19N3O2. The second-order valence-corrected chi connectivity index (χ2v) is 5.80. The Morgan fingerprint density at radius 3 is 2.75 bits per heavy atom. The number of nitrogens with one attached hydrogen (secondary N) is 1. The van der Waals surface area contributed by atoms with Gasteiger partial charge in [-0.15, -0.1) is 0 Å². The summed E-state index contributed by atoms with van der Waals surface area (Å²) in [5.41, 5.74) is 3.10. The Morgan fingerprint density at radius 1 is 1.21 bits per heavy atom. The molecule has 122 valence electrons. The number of aryl methyl sites for hydroxylation is 3. The minimum atomic E-state index is -0.401. The summed E-state index contributed by atoms with van der Waals surface area (Å²) >= 11 is 0. The number of aromatic nitrogens is 2. The van der Waals surface area contributed by atoms with Crippen LogP contribution in [0.25, 0.3) is 11.0 Å². The molecule has 0 atom stereocenters. The predicted molar refractivity (Wildman–Crippen MR) is 95.5 cm³/mol. The van der Waals surface area contributed by atoms with Crippen LogP contribution in [0, 0.1) is 13.8 Å². The standard InChI is InChI=1S/C19H19N3O2/c1-4-22-17-14(6-5-9-20-17)11-15(19(22)24)18(23)21-16-10-12(2)7-8-13(16)3/h5-11H,4H2,1-3H3,(H,21,23). The highest BCUT2D eigenvalue weighted by molar-refractivity contribution is 6.06. The molecule has 5 nitrogen and oxygen atoms in total. The zero-order valence-corrected chi connectivity index (χ0v) is 14.0. The summed E-state index contributed by atoms with van der Waals surface area (Å²) in [6.07, 6.45) is 1.64. The lowest BCUT2D eigenvalue weighted by Gasteiger charge is -2.12. The number of amides is 1. The van der Waals surface area contributed by atoms with Crippen molar-refractivity contribution in [3.05, 3.63) is 69.6 Å². The Morgan fingerprint density at radius 2 is 2.00 bits per heavy atom. The maximum absolute atomic E-state index is 12.7. The van der Waals surface area contributed by atoms with Crippen molar-refractivity contribution < 1.29 is 4.79 Å². The van der Waals surface area contributed by atoms with Crippen molar-refractivity contribution in [2.75, 3.05) is 5.32 Å². The van der Waals surface area contributed by atoms with E-state index in [0.29, 0.717) is 17.9 Å². The molecule has 1 N–H and O–H groups in total. The molecule has 0 spiro atoms. The van der Waals surface area contributed by atoms with Crippen LogP contribution < -0.4 is 10.9 Å². The van der Waals surface area contributed by atoms with Crippen LogP contribution in [0.2, 0.25) is 0 Å². The quantitative estimate of drug-likeness (QED) is 0.805. The normalized spacial score (nSPS) is 10.8. The van der Waals surface area contributed by atoms with E-state index in [1.54, 1.807) is 18.3 Å². The number of carbonyl (C=O) groups excluding carboxylic acids is 1. The molecule has 24 heavy (non-hydrogen) atoms. The van der Waals surface area contributed by atoms with Gasteiger partial charge in [0.05, 0.1) is 0 Å². The first-order valence-electron chi connectivity index (χ1n) is 7.88. The minimum Gasteiger partial charge on any atom is -0.322 e. The monoisotopic (exact) mass is 321 g/mol. The molecule has 2 heterocycles. The smallest absolute Gasteiger partial charge is 0.265 e. The van der Waals surface area contributed by atoms with Gasteiger partial charge in [-0.3, -0.25) is 14.2 Å². The first-order valence-corrected chi connectivity index (χ1v) is 7.88. The molecule has 0 saturated heterocycles. The van der Waals surface area contributed by atoms with E-state index in [2.05, 4.69) is 10.3 Å². The Bertz CT molecular complexity index is 990. The van der Waals surface area contributed by atoms with Crippen LogP contribution in [-0.2, 0) is 6.54 Å². The molecule has 0 radical (unpaired) electrons. The van der Waals surface area contributed by atoms with Crippen molar-refractivity contribution in [1.82, 2.24) is 9.55 Å². The number of hydrogen-bond donors (Lipinski definition) is 1. The number of nitrogens with zero attached hydrogens (tertiary/aromatic N) is 2. The van der Waals surface area contributed by atoms with Gasteiger partial charge in [-0.25, -0.2) is 4.98 Å². The number of anilines is 1. The average Bonchev–Trinajstić information content (AvgIpc) is 2.57. The van der Waals surface area contributed by atoms with Gasteiger partial charge in [-0.1, -0.05) is 12.1 Å². The van der Waals surface area contributed by atoms with Crippen molar-refractivity contribution in [1.29, 1.82) is 0 Å². The Labute approximate surface area is 140 Å². The Kier molecular flexibility index (Phi) is 4.16. The van der Waals surface area contributed by atoms with Crippen LogP contribution >= 0.6 is 0 Å². The predicted octanol–water partition coefficient (Wildman–Crippen LogP) is 3.29. The zero-order chi connectivity index (χ0) is 17.3. The van der Waals surface area contributed by atoms with Crippen LogP contribution in [0.1, 0.15) is 28.4 Å². The average molecular weight is 321 g/mol. The first kappa shape index (κ1) is 15.9. The fourth-order valence-corrected chi connectivity index (χ4v) is 2.72. The van der Waals surface area contributed by atoms with Crippen molar-refractivity contribution in [3.63, 3.8) is 0 Å². The molecule has 5 heteroatoms. The van der Waals surface area contributed by atoms with Gasteiger partial charge in [0, 0.05) is 23.8 Å². The van der Waals surface area contributed by atoms with Gasteiger partial charge in [0.1, 0.15) is 11.2 Å². The van der Waals surface area contributed by atoms with E-state index in [4.69, 9.17) is 0 Å². The SMILES string of the molecule is CCn1c(=O)c(C(=O)Nc2cc(C)ccc2C)cc2cccnc21. The van der Waals surface area contributed by atoms with E-state index in [1.807, 2.05) is 45.0 Å². The second-order valence-electron chi connectivity index (χ2n) is 5.80. The van der Waals surface area contributed by atoms with Gasteiger partial charge in [0.2, 0.25) is 0 Å². The second kappa shape index (κ2) is 6.28. The van der Waals surface area contributed by atoms with Crippen LogP contribution in [0.3, 0.4) is 0 Å². The summed E-state index contributed by atoms with van der Waals surface area (Å²) in [7, 11) is 0. The van der Waals surface area contributed by atoms with E-state index < -0.39 is 5.91 Å². The summed E-state index contributed by atoms with van der Waals surface area (Å²) in [6, 6.07) is 11.1. The van der Waals surface area contributed by atoms with E-state index in [-0.39, 0.29) is 11.1 Å². The largest absolute Gasteiger partial charge is 0.322 e. The molecule has 0 fully saturated rings. The van der Waals surface area contributed by atoms with Gasteiger partial charge in [0.15, 0.2) is 0 Å². The molecule has 1 aromatic carbocycles. The van der Waals surface area contributed by atoms with Crippen LogP contribution in [0.4, 0.5) is 5.69 Å². The third-order valence-corrected chi connectivity index (χ3v) is 4.05. The zero-order valence-electron chi connectivity index (χ0n) is 14.0. The van der Waals surface area contributed by atoms with Gasteiger partial charge < -0.3 is 5.32 Å². The minimum absolute atomic E-state index is 0.123. The van der Waals surface area contributed by atoms with Crippen LogP contribution in [-0.4, -0.2) is 15.5 Å². The topological polar surface area (TPSA) is 64.0 Å². The van der Waals surface area contributed by atoms with E-state index in [1.165, 1.54) is 4.57 Å². The number of rotatable bonds is 3.